The summed E-state index contributed by atoms with van der Waals surface area (Å²) in [4.78, 5) is 28.9. The maximum Gasteiger partial charge on any atom is 0.306 e. The molecule has 0 spiro atoms. The highest BCUT2D eigenvalue weighted by atomic mass is 35.5. The minimum absolute atomic E-state index is 0.0216. The minimum atomic E-state index is -0.908. The van der Waals surface area contributed by atoms with Crippen LogP contribution in [0.25, 0.3) is 0 Å². The second kappa shape index (κ2) is 13.3. The Morgan fingerprint density at radius 3 is 2.41 bits per heavy atom. The zero-order chi connectivity index (χ0) is 28.0. The summed E-state index contributed by atoms with van der Waals surface area (Å²) in [5, 5.41) is 1.29. The van der Waals surface area contributed by atoms with Gasteiger partial charge in [-0.3, -0.25) is 9.59 Å². The van der Waals surface area contributed by atoms with Gasteiger partial charge in [-0.25, -0.2) is 0 Å². The van der Waals surface area contributed by atoms with Crippen molar-refractivity contribution >= 4 is 46.8 Å². The van der Waals surface area contributed by atoms with Crippen molar-refractivity contribution in [1.82, 2.24) is 4.90 Å². The largest absolute Gasteiger partial charge is 0.469 e. The lowest BCUT2D eigenvalue weighted by Crippen LogP contribution is -2.55. The van der Waals surface area contributed by atoms with Crippen molar-refractivity contribution in [2.24, 2.45) is 5.41 Å². The van der Waals surface area contributed by atoms with Crippen LogP contribution in [0.3, 0.4) is 0 Å². The number of ether oxygens (including phenoxy) is 1. The summed E-state index contributed by atoms with van der Waals surface area (Å²) in [6.07, 6.45) is 1.35. The molecule has 0 bridgehead atoms. The Morgan fingerprint density at radius 2 is 1.74 bits per heavy atom. The normalized spacial score (nSPS) is 22.0. The summed E-state index contributed by atoms with van der Waals surface area (Å²) in [5.74, 6) is 1.35. The van der Waals surface area contributed by atoms with Crippen LogP contribution in [0, 0.1) is 5.41 Å². The molecule has 0 aromatic heterocycles. The van der Waals surface area contributed by atoms with Crippen molar-refractivity contribution in [3.8, 4) is 0 Å². The SMILES string of the molecule is COC(=O)C[C@@]1(C)C[C@H](c2cccc(Cl)c2)[C@@H](c2ccc(Cl)cc2)N([C@@H](C)CCSCc2ccccc2)C1=O. The van der Waals surface area contributed by atoms with Crippen LogP contribution < -0.4 is 0 Å². The van der Waals surface area contributed by atoms with Crippen molar-refractivity contribution in [2.45, 2.75) is 56.9 Å². The molecule has 1 aliphatic heterocycles. The van der Waals surface area contributed by atoms with Crippen LogP contribution in [-0.4, -0.2) is 35.7 Å². The predicted molar refractivity (Wildman–Crippen MR) is 161 cm³/mol. The van der Waals surface area contributed by atoms with Crippen LogP contribution in [0.2, 0.25) is 10.0 Å². The Kier molecular flexibility index (Phi) is 10.0. The lowest BCUT2D eigenvalue weighted by Gasteiger charge is -2.51. The second-order valence-corrected chi connectivity index (χ2v) is 12.5. The molecule has 1 heterocycles. The van der Waals surface area contributed by atoms with Crippen molar-refractivity contribution < 1.29 is 14.3 Å². The van der Waals surface area contributed by atoms with E-state index in [9.17, 15) is 9.59 Å². The number of hydrogen-bond donors (Lipinski definition) is 0. The molecule has 206 valence electrons. The first-order valence-electron chi connectivity index (χ1n) is 13.2. The van der Waals surface area contributed by atoms with Gasteiger partial charge >= 0.3 is 5.97 Å². The molecule has 0 N–H and O–H groups in total. The topological polar surface area (TPSA) is 46.6 Å². The minimum Gasteiger partial charge on any atom is -0.469 e. The van der Waals surface area contributed by atoms with Gasteiger partial charge in [-0.1, -0.05) is 84.7 Å². The van der Waals surface area contributed by atoms with Crippen molar-refractivity contribution in [2.75, 3.05) is 12.9 Å². The number of benzene rings is 3. The maximum absolute atomic E-state index is 14.3. The molecule has 4 rings (SSSR count). The number of amides is 1. The molecule has 1 aliphatic rings. The van der Waals surface area contributed by atoms with Gasteiger partial charge in [0.05, 0.1) is 25.0 Å². The average Bonchev–Trinajstić information content (AvgIpc) is 2.93. The number of esters is 1. The van der Waals surface area contributed by atoms with Crippen LogP contribution >= 0.6 is 35.0 Å². The van der Waals surface area contributed by atoms with Gasteiger partial charge in [-0.05, 0) is 66.5 Å². The van der Waals surface area contributed by atoms with E-state index in [-0.39, 0.29) is 36.3 Å². The Hall–Kier alpha value is -2.47. The molecule has 0 saturated carbocycles. The summed E-state index contributed by atoms with van der Waals surface area (Å²) in [7, 11) is 1.37. The molecule has 4 atom stereocenters. The van der Waals surface area contributed by atoms with Gasteiger partial charge in [0.15, 0.2) is 0 Å². The van der Waals surface area contributed by atoms with E-state index < -0.39 is 5.41 Å². The van der Waals surface area contributed by atoms with Crippen LogP contribution in [-0.2, 0) is 20.1 Å². The third kappa shape index (κ3) is 7.19. The summed E-state index contributed by atoms with van der Waals surface area (Å²) in [5.41, 5.74) is 2.44. The number of methoxy groups -OCH3 is 1. The molecule has 0 radical (unpaired) electrons. The molecule has 3 aromatic carbocycles. The van der Waals surface area contributed by atoms with E-state index in [1.54, 1.807) is 0 Å². The number of halogens is 2. The van der Waals surface area contributed by atoms with Gasteiger partial charge in [0.1, 0.15) is 0 Å². The van der Waals surface area contributed by atoms with E-state index in [1.807, 2.05) is 72.1 Å². The molecule has 3 aromatic rings. The highest BCUT2D eigenvalue weighted by Crippen LogP contribution is 2.52. The number of carbonyl (C=O) groups excluding carboxylic acids is 2. The number of piperidine rings is 1. The van der Waals surface area contributed by atoms with Crippen LogP contribution in [0.1, 0.15) is 61.8 Å². The molecule has 7 heteroatoms. The fourth-order valence-corrected chi connectivity index (χ4v) is 6.98. The molecule has 1 fully saturated rings. The number of rotatable bonds is 10. The van der Waals surface area contributed by atoms with Crippen LogP contribution in [0.15, 0.2) is 78.9 Å². The number of thioether (sulfide) groups is 1. The molecule has 1 saturated heterocycles. The summed E-state index contributed by atoms with van der Waals surface area (Å²) in [6.45, 7) is 4.01. The van der Waals surface area contributed by atoms with Crippen molar-refractivity contribution in [1.29, 1.82) is 0 Å². The lowest BCUT2D eigenvalue weighted by atomic mass is 9.67. The molecular formula is C32H35Cl2NO3S. The van der Waals surface area contributed by atoms with Gasteiger partial charge in [-0.15, -0.1) is 0 Å². The Labute approximate surface area is 246 Å². The van der Waals surface area contributed by atoms with E-state index in [2.05, 4.69) is 37.3 Å². The smallest absolute Gasteiger partial charge is 0.306 e. The maximum atomic E-state index is 14.3. The van der Waals surface area contributed by atoms with E-state index in [0.717, 1.165) is 29.1 Å². The first-order valence-corrected chi connectivity index (χ1v) is 15.1. The number of likely N-dealkylation sites (tertiary alicyclic amines) is 1. The monoisotopic (exact) mass is 583 g/mol. The first kappa shape index (κ1) is 29.5. The zero-order valence-electron chi connectivity index (χ0n) is 22.6. The van der Waals surface area contributed by atoms with E-state index >= 15 is 0 Å². The van der Waals surface area contributed by atoms with E-state index in [4.69, 9.17) is 27.9 Å². The average molecular weight is 585 g/mol. The lowest BCUT2D eigenvalue weighted by molar-refractivity contribution is -0.161. The third-order valence-corrected chi connectivity index (χ3v) is 9.17. The van der Waals surface area contributed by atoms with Crippen LogP contribution in [0.5, 0.6) is 0 Å². The van der Waals surface area contributed by atoms with Gasteiger partial charge in [-0.2, -0.15) is 11.8 Å². The summed E-state index contributed by atoms with van der Waals surface area (Å²) < 4.78 is 5.02. The molecular weight excluding hydrogens is 549 g/mol. The first-order chi connectivity index (χ1) is 18.7. The van der Waals surface area contributed by atoms with Gasteiger partial charge < -0.3 is 9.64 Å². The van der Waals surface area contributed by atoms with E-state index in [0.29, 0.717) is 16.5 Å². The predicted octanol–water partition coefficient (Wildman–Crippen LogP) is 8.33. The standard InChI is InChI=1S/C32H35Cl2NO3S/c1-22(16-17-39-21-23-8-5-4-6-9-23)35-30(24-12-14-26(33)15-13-24)28(25-10-7-11-27(34)18-25)19-32(2,31(35)37)20-29(36)38-3/h4-15,18,22,28,30H,16-17,19-21H2,1-3H3/t22-,28+,30+,32+/m0/s1. The van der Waals surface area contributed by atoms with Gasteiger partial charge in [0.25, 0.3) is 0 Å². The fraction of sp³-hybridized carbons (Fsp3) is 0.375. The van der Waals surface area contributed by atoms with Crippen LogP contribution in [0.4, 0.5) is 0 Å². The molecule has 4 nitrogen and oxygen atoms in total. The highest BCUT2D eigenvalue weighted by Gasteiger charge is 2.51. The summed E-state index contributed by atoms with van der Waals surface area (Å²) >= 11 is 14.6. The number of hydrogen-bond acceptors (Lipinski definition) is 4. The fourth-order valence-electron chi connectivity index (χ4n) is 5.58. The zero-order valence-corrected chi connectivity index (χ0v) is 24.9. The molecule has 1 amide bonds. The Morgan fingerprint density at radius 1 is 1.03 bits per heavy atom. The van der Waals surface area contributed by atoms with Gasteiger partial charge in [0, 0.05) is 27.8 Å². The van der Waals surface area contributed by atoms with E-state index in [1.165, 1.54) is 12.7 Å². The molecule has 0 aliphatic carbocycles. The van der Waals surface area contributed by atoms with Crippen molar-refractivity contribution in [3.05, 3.63) is 106 Å². The molecule has 39 heavy (non-hydrogen) atoms. The second-order valence-electron chi connectivity index (χ2n) is 10.6. The Bertz CT molecular complexity index is 1270. The highest BCUT2D eigenvalue weighted by molar-refractivity contribution is 7.98. The third-order valence-electron chi connectivity index (χ3n) is 7.62. The number of nitrogens with zero attached hydrogens (tertiary/aromatic N) is 1. The summed E-state index contributed by atoms with van der Waals surface area (Å²) in [6, 6.07) is 25.7. The Balaban J connectivity index is 1.69. The quantitative estimate of drug-likeness (QED) is 0.178. The molecule has 0 unspecified atom stereocenters. The number of carbonyl (C=O) groups is 2. The van der Waals surface area contributed by atoms with Gasteiger partial charge in [0.2, 0.25) is 5.91 Å². The van der Waals surface area contributed by atoms with Crippen molar-refractivity contribution in [3.63, 3.8) is 0 Å².